The van der Waals surface area contributed by atoms with Crippen LogP contribution in [0, 0.1) is 5.82 Å². The molecule has 5 nitrogen and oxygen atoms in total. The number of nitrogens with zero attached hydrogens (tertiary/aromatic N) is 1. The third-order valence-electron chi connectivity index (χ3n) is 3.50. The molecule has 3 aromatic rings. The molecular formula is C18H12BrFN2O3S. The van der Waals surface area contributed by atoms with Gasteiger partial charge in [-0.3, -0.25) is 4.79 Å². The minimum Gasteiger partial charge on any atom is -0.322 e. The lowest BCUT2D eigenvalue weighted by Gasteiger charge is -2.07. The van der Waals surface area contributed by atoms with Gasteiger partial charge in [-0.15, -0.1) is 0 Å². The van der Waals surface area contributed by atoms with Gasteiger partial charge in [0.15, 0.2) is 5.03 Å². The number of amides is 1. The van der Waals surface area contributed by atoms with E-state index in [4.69, 9.17) is 0 Å². The van der Waals surface area contributed by atoms with E-state index >= 15 is 0 Å². The van der Waals surface area contributed by atoms with E-state index in [1.165, 1.54) is 54.7 Å². The maximum Gasteiger partial charge on any atom is 0.257 e. The first kappa shape index (κ1) is 18.2. The monoisotopic (exact) mass is 434 g/mol. The summed E-state index contributed by atoms with van der Waals surface area (Å²) in [7, 11) is -3.77. The number of carbonyl (C=O) groups excluding carboxylic acids is 1. The van der Waals surface area contributed by atoms with Crippen molar-refractivity contribution < 1.29 is 17.6 Å². The van der Waals surface area contributed by atoms with E-state index < -0.39 is 21.6 Å². The zero-order valence-corrected chi connectivity index (χ0v) is 15.6. The van der Waals surface area contributed by atoms with E-state index in [2.05, 4.69) is 26.2 Å². The molecule has 3 rings (SSSR count). The molecule has 0 fully saturated rings. The van der Waals surface area contributed by atoms with Crippen LogP contribution in [0.3, 0.4) is 0 Å². The molecular weight excluding hydrogens is 423 g/mol. The summed E-state index contributed by atoms with van der Waals surface area (Å²) in [5, 5.41) is 2.43. The predicted octanol–water partition coefficient (Wildman–Crippen LogP) is 4.07. The Labute approximate surface area is 158 Å². The van der Waals surface area contributed by atoms with Gasteiger partial charge in [-0.05, 0) is 60.7 Å². The van der Waals surface area contributed by atoms with Crippen LogP contribution in [-0.4, -0.2) is 19.3 Å². The van der Waals surface area contributed by atoms with E-state index in [0.29, 0.717) is 5.69 Å². The second-order valence-corrected chi connectivity index (χ2v) is 8.12. The molecule has 2 aromatic carbocycles. The first-order valence-electron chi connectivity index (χ1n) is 7.40. The number of sulfone groups is 1. The Kier molecular flexibility index (Phi) is 5.15. The van der Waals surface area contributed by atoms with E-state index in [1.54, 1.807) is 12.1 Å². The number of hydrogen-bond acceptors (Lipinski definition) is 4. The highest BCUT2D eigenvalue weighted by atomic mass is 79.9. The molecule has 1 heterocycles. The molecule has 0 unspecified atom stereocenters. The second kappa shape index (κ2) is 7.35. The minimum atomic E-state index is -3.77. The lowest BCUT2D eigenvalue weighted by Crippen LogP contribution is -2.13. The van der Waals surface area contributed by atoms with E-state index in [0.717, 1.165) is 4.47 Å². The van der Waals surface area contributed by atoms with Crippen molar-refractivity contribution in [1.82, 2.24) is 4.98 Å². The number of nitrogens with one attached hydrogen (secondary N) is 1. The molecule has 26 heavy (non-hydrogen) atoms. The van der Waals surface area contributed by atoms with Gasteiger partial charge in [-0.25, -0.2) is 17.8 Å². The smallest absolute Gasteiger partial charge is 0.257 e. The lowest BCUT2D eigenvalue weighted by atomic mass is 10.2. The van der Waals surface area contributed by atoms with Crippen molar-refractivity contribution in [1.29, 1.82) is 0 Å². The fraction of sp³-hybridized carbons (Fsp3) is 0. The quantitative estimate of drug-likeness (QED) is 0.671. The number of benzene rings is 2. The molecule has 0 bridgehead atoms. The minimum absolute atomic E-state index is 0.108. The highest BCUT2D eigenvalue weighted by molar-refractivity contribution is 9.10. The molecule has 1 aromatic heterocycles. The van der Waals surface area contributed by atoms with Crippen LogP contribution in [0.1, 0.15) is 10.4 Å². The van der Waals surface area contributed by atoms with Crippen molar-refractivity contribution in [3.63, 3.8) is 0 Å². The average molecular weight is 435 g/mol. The first-order valence-corrected chi connectivity index (χ1v) is 9.67. The summed E-state index contributed by atoms with van der Waals surface area (Å²) < 4.78 is 38.7. The molecule has 0 aliphatic carbocycles. The van der Waals surface area contributed by atoms with Gasteiger partial charge in [0.05, 0.1) is 10.5 Å². The van der Waals surface area contributed by atoms with Gasteiger partial charge >= 0.3 is 0 Å². The van der Waals surface area contributed by atoms with Gasteiger partial charge in [-0.2, -0.15) is 0 Å². The summed E-state index contributed by atoms with van der Waals surface area (Å²) in [4.78, 5) is 16.2. The highest BCUT2D eigenvalue weighted by Crippen LogP contribution is 2.21. The molecule has 0 saturated carbocycles. The molecule has 0 atom stereocenters. The number of hydrogen-bond donors (Lipinski definition) is 1. The second-order valence-electron chi connectivity index (χ2n) is 5.30. The summed E-state index contributed by atoms with van der Waals surface area (Å²) in [6.07, 6.45) is 1.19. The molecule has 0 radical (unpaired) electrons. The summed E-state index contributed by atoms with van der Waals surface area (Å²) in [5.74, 6) is -0.885. The van der Waals surface area contributed by atoms with Crippen LogP contribution in [0.5, 0.6) is 0 Å². The molecule has 1 amide bonds. The predicted molar refractivity (Wildman–Crippen MR) is 98.2 cm³/mol. The van der Waals surface area contributed by atoms with Crippen molar-refractivity contribution in [2.45, 2.75) is 9.92 Å². The lowest BCUT2D eigenvalue weighted by molar-refractivity contribution is 0.102. The molecule has 0 aliphatic heterocycles. The third-order valence-corrected chi connectivity index (χ3v) is 5.71. The van der Waals surface area contributed by atoms with E-state index in [1.807, 2.05) is 0 Å². The number of anilines is 1. The Morgan fingerprint density at radius 3 is 2.19 bits per heavy atom. The summed E-state index contributed by atoms with van der Waals surface area (Å²) in [5.41, 5.74) is 0.604. The molecule has 1 N–H and O–H groups in total. The van der Waals surface area contributed by atoms with Crippen molar-refractivity contribution in [3.8, 4) is 0 Å². The summed E-state index contributed by atoms with van der Waals surface area (Å²) in [6.45, 7) is 0. The van der Waals surface area contributed by atoms with Crippen molar-refractivity contribution in [2.75, 3.05) is 5.32 Å². The standard InChI is InChI=1S/C18H12BrFN2O3S/c19-13-2-8-16(9-3-13)26(24,25)17-10-1-12(11-21-17)18(23)22-15-6-4-14(20)5-7-15/h1-11H,(H,22,23). The molecule has 0 spiro atoms. The Morgan fingerprint density at radius 2 is 1.62 bits per heavy atom. The van der Waals surface area contributed by atoms with Crippen molar-refractivity contribution in [2.24, 2.45) is 0 Å². The number of pyridine rings is 1. The number of carbonyl (C=O) groups is 1. The topological polar surface area (TPSA) is 76.1 Å². The van der Waals surface area contributed by atoms with Crippen molar-refractivity contribution in [3.05, 3.63) is 82.7 Å². The Morgan fingerprint density at radius 1 is 0.962 bits per heavy atom. The first-order chi connectivity index (χ1) is 12.4. The molecule has 0 aliphatic rings. The molecule has 132 valence electrons. The van der Waals surface area contributed by atoms with E-state index in [-0.39, 0.29) is 15.5 Å². The Balaban J connectivity index is 1.80. The largest absolute Gasteiger partial charge is 0.322 e. The number of aromatic nitrogens is 1. The van der Waals surface area contributed by atoms with Gasteiger partial charge in [0, 0.05) is 16.4 Å². The number of halogens is 2. The maximum absolute atomic E-state index is 12.9. The van der Waals surface area contributed by atoms with Crippen LogP contribution in [0.15, 0.2) is 81.3 Å². The summed E-state index contributed by atoms with van der Waals surface area (Å²) in [6, 6.07) is 14.1. The van der Waals surface area contributed by atoms with Crippen LogP contribution < -0.4 is 5.32 Å². The van der Waals surface area contributed by atoms with Gasteiger partial charge < -0.3 is 5.32 Å². The third kappa shape index (κ3) is 3.97. The van der Waals surface area contributed by atoms with Gasteiger partial charge in [0.2, 0.25) is 9.84 Å². The van der Waals surface area contributed by atoms with E-state index in [9.17, 15) is 17.6 Å². The van der Waals surface area contributed by atoms with Crippen LogP contribution in [0.2, 0.25) is 0 Å². The summed E-state index contributed by atoms with van der Waals surface area (Å²) >= 11 is 3.25. The van der Waals surface area contributed by atoms with Gasteiger partial charge in [-0.1, -0.05) is 15.9 Å². The molecule has 0 saturated heterocycles. The fourth-order valence-electron chi connectivity index (χ4n) is 2.14. The molecule has 8 heteroatoms. The van der Waals surface area contributed by atoms with Crippen LogP contribution in [-0.2, 0) is 9.84 Å². The SMILES string of the molecule is O=C(Nc1ccc(F)cc1)c1ccc(S(=O)(=O)c2ccc(Br)cc2)nc1. The van der Waals surface area contributed by atoms with Crippen LogP contribution >= 0.6 is 15.9 Å². The van der Waals surface area contributed by atoms with Gasteiger partial charge in [0.25, 0.3) is 5.91 Å². The number of rotatable bonds is 4. The zero-order chi connectivity index (χ0) is 18.7. The van der Waals surface area contributed by atoms with Gasteiger partial charge in [0.1, 0.15) is 5.82 Å². The normalized spacial score (nSPS) is 11.2. The Bertz CT molecular complexity index is 1040. The highest BCUT2D eigenvalue weighted by Gasteiger charge is 2.19. The van der Waals surface area contributed by atoms with Crippen LogP contribution in [0.25, 0.3) is 0 Å². The average Bonchev–Trinajstić information content (AvgIpc) is 2.64. The fourth-order valence-corrected chi connectivity index (χ4v) is 3.58. The van der Waals surface area contributed by atoms with Crippen LogP contribution in [0.4, 0.5) is 10.1 Å². The Hall–Kier alpha value is -2.58. The maximum atomic E-state index is 12.9. The van der Waals surface area contributed by atoms with Crippen molar-refractivity contribution >= 4 is 37.4 Å². The zero-order valence-electron chi connectivity index (χ0n) is 13.2.